The van der Waals surface area contributed by atoms with Gasteiger partial charge in [-0.25, -0.2) is 4.98 Å². The molecule has 0 aliphatic carbocycles. The second-order valence-electron chi connectivity index (χ2n) is 8.49. The molecule has 0 spiro atoms. The fourth-order valence-electron chi connectivity index (χ4n) is 4.82. The first-order chi connectivity index (χ1) is 16.3. The quantitative estimate of drug-likeness (QED) is 0.337. The molecule has 1 atom stereocenters. The Morgan fingerprint density at radius 3 is 2.30 bits per heavy atom. The topological polar surface area (TPSA) is 36.7 Å². The van der Waals surface area contributed by atoms with Crippen LogP contribution in [0.15, 0.2) is 78.9 Å². The Hall–Kier alpha value is -2.77. The second-order valence-corrected chi connectivity index (χ2v) is 9.66. The number of piperazine rings is 1. The highest BCUT2D eigenvalue weighted by Crippen LogP contribution is 2.31. The van der Waals surface area contributed by atoms with Gasteiger partial charge in [-0.3, -0.25) is 14.2 Å². The monoisotopic (exact) mass is 473 g/mol. The van der Waals surface area contributed by atoms with E-state index < -0.39 is 0 Å². The molecule has 0 N–H and O–H groups in total. The summed E-state index contributed by atoms with van der Waals surface area (Å²) < 4.78 is 6.95. The first-order valence-corrected chi connectivity index (χ1v) is 12.4. The van der Waals surface area contributed by atoms with E-state index in [4.69, 9.17) is 21.0 Å². The third-order valence-corrected chi connectivity index (χ3v) is 7.45. The molecule has 5 nitrogen and oxygen atoms in total. The van der Waals surface area contributed by atoms with Crippen molar-refractivity contribution in [3.05, 3.63) is 101 Å². The first kappa shape index (κ1) is 20.8. The average molecular weight is 474 g/mol. The Morgan fingerprint density at radius 2 is 1.52 bits per heavy atom. The highest BCUT2D eigenvalue weighted by Gasteiger charge is 2.27. The maximum Gasteiger partial charge on any atom is 0.214 e. The predicted molar refractivity (Wildman–Crippen MR) is 135 cm³/mol. The molecule has 0 bridgehead atoms. The Labute approximate surface area is 202 Å². The molecule has 1 unspecified atom stereocenters. The lowest BCUT2D eigenvalue weighted by Crippen LogP contribution is -2.47. The summed E-state index contributed by atoms with van der Waals surface area (Å²) >= 11 is 7.66. The Kier molecular flexibility index (Phi) is 5.60. The minimum absolute atomic E-state index is 0.231. The molecule has 2 aromatic heterocycles. The van der Waals surface area contributed by atoms with Crippen molar-refractivity contribution in [1.82, 2.24) is 23.6 Å². The van der Waals surface area contributed by atoms with Crippen LogP contribution in [0.25, 0.3) is 16.0 Å². The molecule has 0 amide bonds. The van der Waals surface area contributed by atoms with Crippen LogP contribution in [0.3, 0.4) is 0 Å². The van der Waals surface area contributed by atoms with Gasteiger partial charge in [0, 0.05) is 42.7 Å². The summed E-state index contributed by atoms with van der Waals surface area (Å²) in [5, 5.41) is 0.775. The van der Waals surface area contributed by atoms with Gasteiger partial charge in [0.05, 0.1) is 23.6 Å². The molecule has 5 aromatic rings. The fourth-order valence-corrected chi connectivity index (χ4v) is 5.70. The third kappa shape index (κ3) is 4.04. The zero-order chi connectivity index (χ0) is 22.2. The number of rotatable bonds is 5. The summed E-state index contributed by atoms with van der Waals surface area (Å²) in [6.07, 6.45) is 0. The molecule has 1 saturated heterocycles. The lowest BCUT2D eigenvalue weighted by atomic mass is 9.96. The molecule has 1 fully saturated rings. The number of aromatic nitrogens is 3. The van der Waals surface area contributed by atoms with Crippen LogP contribution >= 0.6 is 23.1 Å². The predicted octanol–water partition coefficient (Wildman–Crippen LogP) is 5.50. The van der Waals surface area contributed by atoms with Gasteiger partial charge in [0.1, 0.15) is 5.82 Å². The maximum atomic E-state index is 6.17. The summed E-state index contributed by atoms with van der Waals surface area (Å²) in [6, 6.07) is 27.6. The van der Waals surface area contributed by atoms with Gasteiger partial charge in [0.25, 0.3) is 0 Å². The fraction of sp³-hybridized carbons (Fsp3) is 0.231. The minimum Gasteiger partial charge on any atom is -0.293 e. The van der Waals surface area contributed by atoms with Crippen LogP contribution in [0.5, 0.6) is 0 Å². The van der Waals surface area contributed by atoms with Gasteiger partial charge >= 0.3 is 0 Å². The molecule has 3 heterocycles. The number of para-hydroxylation sites is 2. The van der Waals surface area contributed by atoms with Gasteiger partial charge < -0.3 is 0 Å². The van der Waals surface area contributed by atoms with Crippen LogP contribution in [0.4, 0.5) is 0 Å². The van der Waals surface area contributed by atoms with Crippen molar-refractivity contribution in [2.75, 3.05) is 26.2 Å². The van der Waals surface area contributed by atoms with Crippen LogP contribution in [0.2, 0.25) is 5.02 Å². The number of halogens is 1. The van der Waals surface area contributed by atoms with Crippen LogP contribution < -0.4 is 0 Å². The highest BCUT2D eigenvalue weighted by molar-refractivity contribution is 7.11. The lowest BCUT2D eigenvalue weighted by molar-refractivity contribution is 0.103. The van der Waals surface area contributed by atoms with E-state index in [9.17, 15) is 0 Å². The summed E-state index contributed by atoms with van der Waals surface area (Å²) in [5.74, 6) is 1.08. The second kappa shape index (κ2) is 8.88. The van der Waals surface area contributed by atoms with Crippen LogP contribution in [0, 0.1) is 0 Å². The normalized spacial score (nSPS) is 16.5. The van der Waals surface area contributed by atoms with Gasteiger partial charge in [-0.15, -0.1) is 0 Å². The Balaban J connectivity index is 1.21. The maximum absolute atomic E-state index is 6.17. The van der Waals surface area contributed by atoms with Gasteiger partial charge in [-0.05, 0) is 35.4 Å². The molecule has 33 heavy (non-hydrogen) atoms. The van der Waals surface area contributed by atoms with Gasteiger partial charge in [0.15, 0.2) is 0 Å². The van der Waals surface area contributed by atoms with E-state index in [1.807, 2.05) is 18.2 Å². The van der Waals surface area contributed by atoms with Crippen molar-refractivity contribution in [2.45, 2.75) is 12.6 Å². The number of nitrogens with zero attached hydrogens (tertiary/aromatic N) is 5. The molecular weight excluding hydrogens is 450 g/mol. The van der Waals surface area contributed by atoms with Gasteiger partial charge in [0.2, 0.25) is 4.96 Å². The van der Waals surface area contributed by atoms with E-state index in [0.29, 0.717) is 0 Å². The van der Waals surface area contributed by atoms with Crippen molar-refractivity contribution in [3.63, 3.8) is 0 Å². The molecule has 1 aliphatic rings. The number of imidazole rings is 1. The largest absolute Gasteiger partial charge is 0.293 e. The molecule has 0 saturated carbocycles. The van der Waals surface area contributed by atoms with Crippen molar-refractivity contribution >= 4 is 39.1 Å². The Bertz CT molecular complexity index is 1370. The van der Waals surface area contributed by atoms with Gasteiger partial charge in [-0.1, -0.05) is 66.2 Å². The van der Waals surface area contributed by atoms with Crippen molar-refractivity contribution in [3.8, 4) is 0 Å². The zero-order valence-electron chi connectivity index (χ0n) is 18.1. The third-order valence-electron chi connectivity index (χ3n) is 6.46. The number of fused-ring (bicyclic) bond motifs is 3. The number of hydrogen-bond donors (Lipinski definition) is 0. The summed E-state index contributed by atoms with van der Waals surface area (Å²) in [6.45, 7) is 4.84. The van der Waals surface area contributed by atoms with Crippen LogP contribution in [-0.2, 0) is 6.54 Å². The van der Waals surface area contributed by atoms with Crippen molar-refractivity contribution in [1.29, 1.82) is 0 Å². The molecule has 1 aliphatic heterocycles. The van der Waals surface area contributed by atoms with Crippen LogP contribution in [0.1, 0.15) is 23.0 Å². The minimum atomic E-state index is 0.231. The average Bonchev–Trinajstić information content (AvgIpc) is 3.42. The van der Waals surface area contributed by atoms with Crippen LogP contribution in [-0.4, -0.2) is 49.7 Å². The van der Waals surface area contributed by atoms with E-state index in [2.05, 4.69) is 74.9 Å². The lowest BCUT2D eigenvalue weighted by Gasteiger charge is -2.39. The highest BCUT2D eigenvalue weighted by atomic mass is 35.5. The smallest absolute Gasteiger partial charge is 0.214 e. The molecule has 6 rings (SSSR count). The zero-order valence-corrected chi connectivity index (χ0v) is 19.7. The van der Waals surface area contributed by atoms with Gasteiger partial charge in [-0.2, -0.15) is 4.37 Å². The number of benzene rings is 3. The molecule has 166 valence electrons. The molecule has 0 radical (unpaired) electrons. The molecule has 7 heteroatoms. The van der Waals surface area contributed by atoms with E-state index >= 15 is 0 Å². The van der Waals surface area contributed by atoms with E-state index in [0.717, 1.165) is 59.6 Å². The van der Waals surface area contributed by atoms with Crippen molar-refractivity contribution < 1.29 is 0 Å². The SMILES string of the molecule is Clc1ccc(C(c2ccccc2)N2CCN(Cc3nsc4nc5ccccc5n34)CC2)cc1. The summed E-state index contributed by atoms with van der Waals surface area (Å²) in [7, 11) is 0. The molecular formula is C26H24ClN5S. The Morgan fingerprint density at radius 1 is 0.818 bits per heavy atom. The van der Waals surface area contributed by atoms with E-state index in [-0.39, 0.29) is 6.04 Å². The van der Waals surface area contributed by atoms with E-state index in [1.54, 1.807) is 0 Å². The summed E-state index contributed by atoms with van der Waals surface area (Å²) in [5.41, 5.74) is 4.78. The summed E-state index contributed by atoms with van der Waals surface area (Å²) in [4.78, 5) is 10.8. The van der Waals surface area contributed by atoms with E-state index in [1.165, 1.54) is 22.7 Å². The first-order valence-electron chi connectivity index (χ1n) is 11.2. The number of hydrogen-bond acceptors (Lipinski definition) is 5. The molecule has 3 aromatic carbocycles. The standard InChI is InChI=1S/C26H24ClN5S/c27-21-12-10-20(11-13-21)25(19-6-2-1-3-7-19)31-16-14-30(15-17-31)18-24-29-33-26-28-22-8-4-5-9-23(22)32(24)26/h1-13,25H,14-18H2. The van der Waals surface area contributed by atoms with Crippen molar-refractivity contribution in [2.24, 2.45) is 0 Å².